The number of aryl methyl sites for hydroxylation is 6. The van der Waals surface area contributed by atoms with Crippen molar-refractivity contribution in [1.29, 1.82) is 0 Å². The molecule has 4 unspecified atom stereocenters. The van der Waals surface area contributed by atoms with Gasteiger partial charge in [-0.1, -0.05) is 248 Å². The third-order valence-corrected chi connectivity index (χ3v) is 33.8. The van der Waals surface area contributed by atoms with Gasteiger partial charge in [-0.2, -0.15) is 30.6 Å². The lowest BCUT2D eigenvalue weighted by atomic mass is 9.59. The van der Waals surface area contributed by atoms with E-state index in [0.29, 0.717) is 49.9 Å². The monoisotopic (exact) mass is 1980 g/mol. The molecule has 6 aromatic heterocycles. The summed E-state index contributed by atoms with van der Waals surface area (Å²) in [4.78, 5) is 90.9. The number of nitrogens with zero attached hydrogens (tertiary/aromatic N) is 6. The average Bonchev–Trinajstić information content (AvgIpc) is 1.53. The maximum atomic E-state index is 13.3. The number of aromatic nitrogens is 12. The molecule has 6 atom stereocenters. The summed E-state index contributed by atoms with van der Waals surface area (Å²) in [7, 11) is 0. The molecule has 0 fully saturated rings. The summed E-state index contributed by atoms with van der Waals surface area (Å²) >= 11 is 0. The number of carbonyl (C=O) groups excluding carboxylic acids is 7. The SMILES string of the molecule is CC1(C)CC(=O)C2=C(C1)Nc1[nH]ncc1C2(C)c1cccc(C(N)=O)c1.CCC1(c2ccccc2)C2=C(CC(C)(C)CC2=O)Nc2n[nH]c(C)c21.Cc1[nH]nc2c1C(C)(c1ccccc1)C1=C(CC(C)(C)CC1=O)N2.Cc1[nH]nc2c1C1(CCc3ccccc31)C1=C(CC(C)(C)CC1=O)N2.Cc1[nH]nc2c1[C@@](C)(c1ccccc1)C1=C(CC(C)(C)CC1=O)N2.Cc1[nH]nc2c1[C@](C)(c1ccccc1)C1=C(CC(C)(C)CC1=O)N2. The van der Waals surface area contributed by atoms with Gasteiger partial charge in [-0.25, -0.2) is 0 Å². The summed E-state index contributed by atoms with van der Waals surface area (Å²) in [5, 5.41) is 65.9. The zero-order chi connectivity index (χ0) is 105. The molecular formula is C122H139N19O7. The van der Waals surface area contributed by atoms with E-state index in [0.717, 1.165) is 239 Å². The van der Waals surface area contributed by atoms with Gasteiger partial charge in [0.15, 0.2) is 63.8 Å². The molecule has 26 nitrogen and oxygen atoms in total. The number of H-pyrrole nitrogens is 6. The summed E-state index contributed by atoms with van der Waals surface area (Å²) in [6.45, 7) is 46.7. The van der Waals surface area contributed by atoms with Gasteiger partial charge in [0.25, 0.3) is 0 Å². The van der Waals surface area contributed by atoms with Gasteiger partial charge in [-0.05, 0) is 204 Å². The number of carbonyl (C=O) groups is 7. The Morgan fingerprint density at radius 2 is 0.601 bits per heavy atom. The van der Waals surface area contributed by atoms with E-state index in [4.69, 9.17) is 5.73 Å². The van der Waals surface area contributed by atoms with Crippen molar-refractivity contribution in [1.82, 2.24) is 61.2 Å². The van der Waals surface area contributed by atoms with Crippen molar-refractivity contribution in [3.8, 4) is 0 Å². The Bertz CT molecular complexity index is 7250. The highest BCUT2D eigenvalue weighted by atomic mass is 16.2. The van der Waals surface area contributed by atoms with Crippen LogP contribution in [0.4, 0.5) is 34.9 Å². The summed E-state index contributed by atoms with van der Waals surface area (Å²) in [6.07, 6.45) is 13.1. The number of fused-ring (bicyclic) bond motifs is 10. The number of hydrogen-bond donors (Lipinski definition) is 13. The van der Waals surface area contributed by atoms with Gasteiger partial charge in [0, 0.05) is 174 Å². The quantitative estimate of drug-likeness (QED) is 0.0705. The summed E-state index contributed by atoms with van der Waals surface area (Å²) in [6, 6.07) is 57.2. The van der Waals surface area contributed by atoms with E-state index in [9.17, 15) is 33.6 Å². The van der Waals surface area contributed by atoms with E-state index in [-0.39, 0.29) is 66.8 Å². The molecule has 25 rings (SSSR count). The van der Waals surface area contributed by atoms with Gasteiger partial charge >= 0.3 is 0 Å². The maximum absolute atomic E-state index is 13.3. The van der Waals surface area contributed by atoms with E-state index < -0.39 is 33.0 Å². The van der Waals surface area contributed by atoms with Gasteiger partial charge < -0.3 is 37.6 Å². The topological polar surface area (TPSA) is 390 Å². The molecule has 0 saturated heterocycles. The molecule has 0 radical (unpaired) electrons. The highest BCUT2D eigenvalue weighted by Gasteiger charge is 2.59. The first kappa shape index (κ1) is 101. The fourth-order valence-corrected chi connectivity index (χ4v) is 27.9. The van der Waals surface area contributed by atoms with E-state index in [1.807, 2.05) is 101 Å². The number of nitrogens with two attached hydrogens (primary N) is 1. The molecule has 26 heteroatoms. The predicted octanol–water partition coefficient (Wildman–Crippen LogP) is 23.7. The Hall–Kier alpha value is -14.7. The minimum absolute atomic E-state index is 0.00885. The molecule has 13 aliphatic rings. The first-order valence-electron chi connectivity index (χ1n) is 52.3. The number of Topliss-reactive ketones (excluding diaryl/α,β-unsaturated/α-hetero) is 6. The average molecular weight is 1980 g/mol. The Morgan fingerprint density at radius 3 is 0.980 bits per heavy atom. The van der Waals surface area contributed by atoms with Crippen molar-refractivity contribution in [2.24, 2.45) is 38.2 Å². The lowest BCUT2D eigenvalue weighted by molar-refractivity contribution is -0.119. The fraction of sp³-hybridized carbons (Fsp3) is 0.402. The Labute approximate surface area is 866 Å². The number of primary amides is 1. The van der Waals surface area contributed by atoms with Crippen molar-refractivity contribution in [3.05, 3.63) is 350 Å². The number of anilines is 6. The standard InChI is InChI=1S/C21H23N3O.C21H25N3O.C20H22N4O2.3C20H23N3O/c1-12-17-19(24-23-12)22-15-10-20(2,3)11-16(25)18(15)21(17)9-8-13-6-4-5-7-14(13)21;1-5-21(14-9-7-6-8-10-14)17-13(2)23-24-19(17)22-15-11-20(3,4)12-16(25)18(15)21;1-19(2)8-14-16(15(25)9-19)20(3,13-10-22-24-18(13)23-14)12-6-4-5-11(7-12)17(21)26;3*1-12-16-18(23-22-12)21-14-10-19(2,3)11-15(24)17(14)20(16,4)13-8-6-5-7-9-13/h4-7H,8-11H2,1-3H3,(H2,22,23,24);6-10H,5,11-12H2,1-4H3,(H2,22,23,24);4-7,10H,8-9H2,1-3H3,(H2,21,26)(H2,22,23,24);3*5-9H,10-11H2,1-4H3,(H2,21,22,23)/t;;;2*20-;/m...10./s1. The van der Waals surface area contributed by atoms with Crippen molar-refractivity contribution in [2.75, 3.05) is 31.9 Å². The minimum atomic E-state index is -0.693. The summed E-state index contributed by atoms with van der Waals surface area (Å²) in [5.74, 6) is 6.03. The van der Waals surface area contributed by atoms with Crippen LogP contribution in [-0.4, -0.2) is 102 Å². The molecule has 7 aliphatic carbocycles. The number of ketones is 6. The molecular weight excluding hydrogens is 1840 g/mol. The largest absolute Gasteiger partial charge is 0.366 e. The van der Waals surface area contributed by atoms with Crippen LogP contribution < -0.4 is 37.6 Å². The first-order valence-corrected chi connectivity index (χ1v) is 52.3. The fourth-order valence-electron chi connectivity index (χ4n) is 27.9. The van der Waals surface area contributed by atoms with Crippen LogP contribution in [0.1, 0.15) is 319 Å². The molecule has 0 bridgehead atoms. The van der Waals surface area contributed by atoms with Crippen LogP contribution in [0.15, 0.2) is 244 Å². The van der Waals surface area contributed by atoms with Gasteiger partial charge in [0.05, 0.1) is 38.7 Å². The second-order valence-electron chi connectivity index (χ2n) is 48.8. The zero-order valence-corrected chi connectivity index (χ0v) is 89.5. The predicted molar refractivity (Wildman–Crippen MR) is 580 cm³/mol. The molecule has 6 aliphatic heterocycles. The number of benzene rings is 6. The normalized spacial score (nSPS) is 25.0. The second kappa shape index (κ2) is 36.1. The summed E-state index contributed by atoms with van der Waals surface area (Å²) in [5.41, 5.74) is 34.0. The molecule has 148 heavy (non-hydrogen) atoms. The number of hydrogen-bond acceptors (Lipinski definition) is 19. The Balaban J connectivity index is 0.000000108. The van der Waals surface area contributed by atoms with Crippen LogP contribution in [-0.2, 0) is 67.7 Å². The molecule has 12 aromatic rings. The molecule has 6 aromatic carbocycles. The van der Waals surface area contributed by atoms with E-state index >= 15 is 0 Å². The zero-order valence-electron chi connectivity index (χ0n) is 89.5. The number of aromatic amines is 6. The van der Waals surface area contributed by atoms with Crippen molar-refractivity contribution >= 4 is 75.5 Å². The molecule has 12 heterocycles. The van der Waals surface area contributed by atoms with Crippen LogP contribution in [0, 0.1) is 67.1 Å². The van der Waals surface area contributed by atoms with E-state index in [1.54, 1.807) is 24.4 Å². The van der Waals surface area contributed by atoms with Crippen molar-refractivity contribution in [2.45, 2.75) is 281 Å². The van der Waals surface area contributed by atoms with Crippen molar-refractivity contribution in [3.63, 3.8) is 0 Å². The van der Waals surface area contributed by atoms with Gasteiger partial charge in [0.2, 0.25) is 5.91 Å². The van der Waals surface area contributed by atoms with Crippen molar-refractivity contribution < 1.29 is 33.6 Å². The minimum Gasteiger partial charge on any atom is -0.366 e. The number of nitrogens with one attached hydrogen (secondary N) is 12. The van der Waals surface area contributed by atoms with Gasteiger partial charge in [-0.3, -0.25) is 64.2 Å². The van der Waals surface area contributed by atoms with Crippen LogP contribution >= 0.6 is 0 Å². The molecule has 0 saturated carbocycles. The lowest BCUT2D eigenvalue weighted by Gasteiger charge is -2.45. The molecule has 1 spiro atoms. The number of amides is 1. The van der Waals surface area contributed by atoms with Crippen LogP contribution in [0.2, 0.25) is 0 Å². The summed E-state index contributed by atoms with van der Waals surface area (Å²) < 4.78 is 0. The van der Waals surface area contributed by atoms with E-state index in [2.05, 4.69) is 296 Å². The first-order chi connectivity index (χ1) is 70.0. The van der Waals surface area contributed by atoms with Crippen LogP contribution in [0.25, 0.3) is 0 Å². The number of allylic oxidation sites excluding steroid dienone is 12. The second-order valence-corrected chi connectivity index (χ2v) is 48.8. The third-order valence-electron chi connectivity index (χ3n) is 33.8. The highest BCUT2D eigenvalue weighted by molar-refractivity contribution is 6.08. The van der Waals surface area contributed by atoms with Crippen LogP contribution in [0.3, 0.4) is 0 Å². The van der Waals surface area contributed by atoms with E-state index in [1.165, 1.54) is 22.3 Å². The smallest absolute Gasteiger partial charge is 0.248 e. The highest BCUT2D eigenvalue weighted by Crippen LogP contribution is 2.63. The van der Waals surface area contributed by atoms with Crippen LogP contribution in [0.5, 0.6) is 0 Å². The van der Waals surface area contributed by atoms with Gasteiger partial charge in [0.1, 0.15) is 5.82 Å². The van der Waals surface area contributed by atoms with Gasteiger partial charge in [-0.15, -0.1) is 0 Å². The lowest BCUT2D eigenvalue weighted by Crippen LogP contribution is -2.43. The Kier molecular flexibility index (Phi) is 24.6. The Morgan fingerprint density at radius 1 is 0.304 bits per heavy atom. The maximum Gasteiger partial charge on any atom is 0.248 e. The molecule has 764 valence electrons. The number of rotatable bonds is 7. The molecule has 14 N–H and O–H groups in total. The molecule has 1 amide bonds. The third kappa shape index (κ3) is 16.6.